The highest BCUT2D eigenvalue weighted by Crippen LogP contribution is 2.45. The number of phosphoric acid groups is 2. The van der Waals surface area contributed by atoms with Gasteiger partial charge in [0, 0.05) is 25.7 Å². The average molecular weight is 1510 g/mol. The minimum atomic E-state index is -4.96. The van der Waals surface area contributed by atoms with Crippen LogP contribution in [0, 0.1) is 17.8 Å². The van der Waals surface area contributed by atoms with Gasteiger partial charge in [0.05, 0.1) is 26.4 Å². The molecule has 0 aromatic carbocycles. The molecule has 0 amide bonds. The van der Waals surface area contributed by atoms with Crippen molar-refractivity contribution in [3.8, 4) is 0 Å². The molecule has 19 heteroatoms. The molecule has 0 fully saturated rings. The minimum absolute atomic E-state index is 0.105. The Bertz CT molecular complexity index is 2000. The van der Waals surface area contributed by atoms with Crippen molar-refractivity contribution in [2.45, 2.75) is 458 Å². The van der Waals surface area contributed by atoms with Crippen LogP contribution < -0.4 is 0 Å². The third kappa shape index (κ3) is 75.3. The number of phosphoric ester groups is 2. The maximum Gasteiger partial charge on any atom is 0.472 e. The van der Waals surface area contributed by atoms with Crippen molar-refractivity contribution >= 4 is 39.5 Å². The minimum Gasteiger partial charge on any atom is -0.462 e. The van der Waals surface area contributed by atoms with E-state index in [0.717, 1.165) is 120 Å². The van der Waals surface area contributed by atoms with Gasteiger partial charge in [0.1, 0.15) is 19.3 Å². The summed E-state index contributed by atoms with van der Waals surface area (Å²) in [4.78, 5) is 72.9. The van der Waals surface area contributed by atoms with Gasteiger partial charge in [-0.1, -0.05) is 389 Å². The Kier molecular flexibility index (Phi) is 72.8. The Hall–Kier alpha value is -1.94. The fraction of sp³-hybridized carbons (Fsp3) is 0.952. The molecule has 0 spiro atoms. The Morgan fingerprint density at radius 3 is 0.738 bits per heavy atom. The summed E-state index contributed by atoms with van der Waals surface area (Å²) >= 11 is 0. The van der Waals surface area contributed by atoms with Gasteiger partial charge >= 0.3 is 39.5 Å². The first-order valence-electron chi connectivity index (χ1n) is 43.4. The molecule has 0 radical (unpaired) electrons. The Balaban J connectivity index is 5.14. The first-order valence-corrected chi connectivity index (χ1v) is 46.4. The highest BCUT2D eigenvalue weighted by Gasteiger charge is 2.30. The van der Waals surface area contributed by atoms with Crippen LogP contribution in [0.15, 0.2) is 0 Å². The van der Waals surface area contributed by atoms with E-state index in [1.807, 2.05) is 0 Å². The lowest BCUT2D eigenvalue weighted by Gasteiger charge is -2.21. The molecule has 0 aliphatic heterocycles. The van der Waals surface area contributed by atoms with Crippen LogP contribution >= 0.6 is 15.6 Å². The zero-order valence-corrected chi connectivity index (χ0v) is 69.6. The van der Waals surface area contributed by atoms with E-state index >= 15 is 0 Å². The van der Waals surface area contributed by atoms with E-state index < -0.39 is 97.5 Å². The first-order chi connectivity index (χ1) is 49.8. The highest BCUT2D eigenvalue weighted by atomic mass is 31.2. The average Bonchev–Trinajstić information content (AvgIpc) is 0.916. The summed E-state index contributed by atoms with van der Waals surface area (Å²) in [5, 5.41) is 10.6. The van der Waals surface area contributed by atoms with Gasteiger partial charge in [-0.25, -0.2) is 9.13 Å². The van der Waals surface area contributed by atoms with Gasteiger partial charge in [0.25, 0.3) is 0 Å². The number of ether oxygens (including phenoxy) is 4. The number of aliphatic hydroxyl groups is 1. The lowest BCUT2D eigenvalue weighted by molar-refractivity contribution is -0.161. The fourth-order valence-electron chi connectivity index (χ4n) is 13.0. The molecule has 3 N–H and O–H groups in total. The van der Waals surface area contributed by atoms with Gasteiger partial charge in [-0.15, -0.1) is 0 Å². The fourth-order valence-corrected chi connectivity index (χ4v) is 14.5. The number of carbonyl (C=O) groups is 4. The zero-order chi connectivity index (χ0) is 75.8. The summed E-state index contributed by atoms with van der Waals surface area (Å²) in [5.74, 6) is 0.367. The summed E-state index contributed by atoms with van der Waals surface area (Å²) < 4.78 is 68.6. The summed E-state index contributed by atoms with van der Waals surface area (Å²) in [6.45, 7) is 12.0. The van der Waals surface area contributed by atoms with Crippen LogP contribution in [0.5, 0.6) is 0 Å². The molecule has 0 aromatic rings. The van der Waals surface area contributed by atoms with Crippen molar-refractivity contribution in [2.24, 2.45) is 17.8 Å². The molecule has 0 aliphatic rings. The van der Waals surface area contributed by atoms with Crippen LogP contribution in [0.25, 0.3) is 0 Å². The predicted molar refractivity (Wildman–Crippen MR) is 423 cm³/mol. The Morgan fingerprint density at radius 1 is 0.282 bits per heavy atom. The van der Waals surface area contributed by atoms with E-state index in [4.69, 9.17) is 37.0 Å². The number of carbonyl (C=O) groups excluding carboxylic acids is 4. The van der Waals surface area contributed by atoms with Crippen molar-refractivity contribution in [3.05, 3.63) is 0 Å². The molecular weight excluding hydrogens is 1340 g/mol. The molecule has 0 saturated carbocycles. The maximum absolute atomic E-state index is 13.1. The number of rotatable bonds is 82. The summed E-state index contributed by atoms with van der Waals surface area (Å²) in [7, 11) is -9.92. The van der Waals surface area contributed by atoms with Gasteiger partial charge in [-0.3, -0.25) is 37.3 Å². The second kappa shape index (κ2) is 74.2. The van der Waals surface area contributed by atoms with Gasteiger partial charge < -0.3 is 33.8 Å². The third-order valence-electron chi connectivity index (χ3n) is 20.4. The molecule has 612 valence electrons. The highest BCUT2D eigenvalue weighted by molar-refractivity contribution is 7.47. The number of hydrogen-bond donors (Lipinski definition) is 3. The monoisotopic (exact) mass is 1510 g/mol. The smallest absolute Gasteiger partial charge is 0.462 e. The molecular formula is C84H164O17P2. The predicted octanol–water partition coefficient (Wildman–Crippen LogP) is 25.3. The van der Waals surface area contributed by atoms with Crippen molar-refractivity contribution < 1.29 is 80.2 Å². The van der Waals surface area contributed by atoms with Crippen molar-refractivity contribution in [2.75, 3.05) is 39.6 Å². The second-order valence-electron chi connectivity index (χ2n) is 31.2. The lowest BCUT2D eigenvalue weighted by atomic mass is 9.99. The molecule has 0 rings (SSSR count). The molecule has 7 atom stereocenters. The van der Waals surface area contributed by atoms with Crippen LogP contribution in [0.2, 0.25) is 0 Å². The number of aliphatic hydroxyl groups excluding tert-OH is 1. The maximum atomic E-state index is 13.1. The Morgan fingerprint density at radius 2 is 0.495 bits per heavy atom. The lowest BCUT2D eigenvalue weighted by Crippen LogP contribution is -2.30. The van der Waals surface area contributed by atoms with E-state index in [0.29, 0.717) is 25.7 Å². The first kappa shape index (κ1) is 101. The van der Waals surface area contributed by atoms with Crippen LogP contribution in [-0.4, -0.2) is 96.7 Å². The van der Waals surface area contributed by atoms with Crippen molar-refractivity contribution in [1.29, 1.82) is 0 Å². The zero-order valence-electron chi connectivity index (χ0n) is 67.8. The summed E-state index contributed by atoms with van der Waals surface area (Å²) in [6.07, 6.45) is 64.1. The number of esters is 4. The summed E-state index contributed by atoms with van der Waals surface area (Å²) in [6, 6.07) is 0. The topological polar surface area (TPSA) is 237 Å². The molecule has 4 unspecified atom stereocenters. The Labute approximate surface area is 632 Å². The van der Waals surface area contributed by atoms with Crippen molar-refractivity contribution in [1.82, 2.24) is 0 Å². The molecule has 0 saturated heterocycles. The molecule has 0 heterocycles. The largest absolute Gasteiger partial charge is 0.472 e. The van der Waals surface area contributed by atoms with Crippen LogP contribution in [0.4, 0.5) is 0 Å². The number of unbranched alkanes of at least 4 members (excludes halogenated alkanes) is 48. The van der Waals surface area contributed by atoms with E-state index in [1.54, 1.807) is 0 Å². The second-order valence-corrected chi connectivity index (χ2v) is 34.1. The molecule has 0 aromatic heterocycles. The molecule has 0 aliphatic carbocycles. The van der Waals surface area contributed by atoms with Crippen molar-refractivity contribution in [3.63, 3.8) is 0 Å². The normalized spacial score (nSPS) is 14.4. The number of hydrogen-bond acceptors (Lipinski definition) is 15. The van der Waals surface area contributed by atoms with Gasteiger partial charge in [-0.2, -0.15) is 0 Å². The van der Waals surface area contributed by atoms with E-state index in [1.165, 1.54) is 238 Å². The van der Waals surface area contributed by atoms with Crippen LogP contribution in [-0.2, 0) is 65.4 Å². The van der Waals surface area contributed by atoms with Crippen LogP contribution in [0.3, 0.4) is 0 Å². The molecule has 17 nitrogen and oxygen atoms in total. The SMILES string of the molecule is CCCCCCCCCC(=O)OC[C@H](COP(=O)(O)OC[C@H](O)COP(=O)(O)OC[C@@H](COC(=O)CCCCCCCCCCCCCCCCCCCCC(C)CC)OC(=O)CCCCCCCCCCCCCCCCCCCCC(C)CC)OC(=O)CCCCCCCCCCCC(C)C. The summed E-state index contributed by atoms with van der Waals surface area (Å²) in [5.41, 5.74) is 0. The van der Waals surface area contributed by atoms with E-state index in [-0.39, 0.29) is 25.7 Å². The van der Waals surface area contributed by atoms with Crippen LogP contribution in [0.1, 0.15) is 440 Å². The quantitative estimate of drug-likeness (QED) is 0.0222. The standard InChI is InChI=1S/C84H164O17P2/c1-8-11-12-13-41-51-58-65-81(86)94-71-79(100-84(89)68-61-54-47-40-34-35-42-48-55-62-75(4)5)73-98-102(90,91)96-69-78(85)70-97-103(92,93)99-74-80(101-83(88)67-60-53-46-39-33-29-25-21-17-15-19-23-27-31-37-44-50-57-64-77(7)10-3)72-95-82(87)66-59-52-45-38-32-28-24-20-16-14-18-22-26-30-36-43-49-56-63-76(6)9-2/h75-80,85H,8-74H2,1-7H3,(H,90,91)(H,92,93)/t76?,77?,78-,79+,80+/m0/s1. The molecule has 0 bridgehead atoms. The van der Waals surface area contributed by atoms with Gasteiger partial charge in [-0.05, 0) is 43.4 Å². The van der Waals surface area contributed by atoms with Gasteiger partial charge in [0.2, 0.25) is 0 Å². The van der Waals surface area contributed by atoms with E-state index in [9.17, 15) is 43.2 Å². The molecule has 103 heavy (non-hydrogen) atoms. The third-order valence-corrected chi connectivity index (χ3v) is 22.3. The van der Waals surface area contributed by atoms with Gasteiger partial charge in [0.15, 0.2) is 12.2 Å². The van der Waals surface area contributed by atoms with E-state index in [2.05, 4.69) is 48.5 Å².